The van der Waals surface area contributed by atoms with Crippen LogP contribution in [0.5, 0.6) is 0 Å². The van der Waals surface area contributed by atoms with E-state index in [-0.39, 0.29) is 11.3 Å². The molecule has 6 heteroatoms. The van der Waals surface area contributed by atoms with Crippen molar-refractivity contribution in [2.45, 2.75) is 41.0 Å². The minimum Gasteiger partial charge on any atom is -0.379 e. The molecule has 0 saturated heterocycles. The number of nitrogens with one attached hydrogen (secondary N) is 2. The normalized spacial score (nSPS) is 10.9. The zero-order valence-corrected chi connectivity index (χ0v) is 16.0. The summed E-state index contributed by atoms with van der Waals surface area (Å²) in [6, 6.07) is 0. The second kappa shape index (κ2) is 17.7. The quantitative estimate of drug-likeness (QED) is 0.503. The molecule has 0 aliphatic carbocycles. The summed E-state index contributed by atoms with van der Waals surface area (Å²) < 4.78 is 16.1. The third kappa shape index (κ3) is 19.3. The summed E-state index contributed by atoms with van der Waals surface area (Å²) in [6.07, 6.45) is 1.01. The fraction of sp³-hybridized carbons (Fsp3) is 0.941. The maximum atomic E-state index is 11.6. The smallest absolute Gasteiger partial charge is 0.225 e. The van der Waals surface area contributed by atoms with Crippen molar-refractivity contribution in [2.24, 2.45) is 5.41 Å². The monoisotopic (exact) mass is 334 g/mol. The average Bonchev–Trinajstić information content (AvgIpc) is 2.52. The fourth-order valence-electron chi connectivity index (χ4n) is 1.39. The Bertz CT molecular complexity index is 255. The third-order valence-electron chi connectivity index (χ3n) is 2.67. The van der Waals surface area contributed by atoms with Crippen LogP contribution in [0, 0.1) is 5.41 Å². The number of hydrogen-bond donors (Lipinski definition) is 2. The lowest BCUT2D eigenvalue weighted by molar-refractivity contribution is -0.128. The summed E-state index contributed by atoms with van der Waals surface area (Å²) >= 11 is 0. The second-order valence-corrected chi connectivity index (χ2v) is 5.80. The van der Waals surface area contributed by atoms with Gasteiger partial charge in [0.05, 0.1) is 33.0 Å². The van der Waals surface area contributed by atoms with Crippen molar-refractivity contribution in [2.75, 3.05) is 59.8 Å². The SMILES string of the molecule is CC.CNCCCOCCOCCOCCNC(=O)C(C)(C)C. The first-order valence-corrected chi connectivity index (χ1v) is 8.64. The maximum Gasteiger partial charge on any atom is 0.225 e. The highest BCUT2D eigenvalue weighted by molar-refractivity contribution is 5.81. The van der Waals surface area contributed by atoms with Gasteiger partial charge >= 0.3 is 0 Å². The van der Waals surface area contributed by atoms with E-state index in [1.165, 1.54) is 0 Å². The summed E-state index contributed by atoms with van der Waals surface area (Å²) in [6.45, 7) is 14.7. The summed E-state index contributed by atoms with van der Waals surface area (Å²) in [5.41, 5.74) is -0.351. The van der Waals surface area contributed by atoms with Gasteiger partial charge in [-0.05, 0) is 20.0 Å². The molecule has 0 aliphatic heterocycles. The zero-order chi connectivity index (χ0) is 18.0. The van der Waals surface area contributed by atoms with Gasteiger partial charge < -0.3 is 24.8 Å². The van der Waals surface area contributed by atoms with Crippen molar-refractivity contribution in [3.8, 4) is 0 Å². The Morgan fingerprint density at radius 2 is 1.30 bits per heavy atom. The van der Waals surface area contributed by atoms with Crippen LogP contribution < -0.4 is 10.6 Å². The molecule has 0 fully saturated rings. The Labute approximate surface area is 142 Å². The molecule has 0 rings (SSSR count). The molecule has 0 radical (unpaired) electrons. The molecule has 0 spiro atoms. The maximum absolute atomic E-state index is 11.6. The predicted octanol–water partition coefficient (Wildman–Crippen LogP) is 1.83. The topological polar surface area (TPSA) is 68.8 Å². The van der Waals surface area contributed by atoms with Crippen LogP contribution >= 0.6 is 0 Å². The van der Waals surface area contributed by atoms with Gasteiger partial charge in [-0.25, -0.2) is 0 Å². The van der Waals surface area contributed by atoms with Crippen molar-refractivity contribution >= 4 is 5.91 Å². The van der Waals surface area contributed by atoms with E-state index >= 15 is 0 Å². The summed E-state index contributed by atoms with van der Waals surface area (Å²) in [5, 5.41) is 5.89. The molecule has 0 aliphatic rings. The molecule has 0 bridgehead atoms. The van der Waals surface area contributed by atoms with Crippen LogP contribution in [-0.2, 0) is 19.0 Å². The van der Waals surface area contributed by atoms with Crippen LogP contribution in [-0.4, -0.2) is 65.7 Å². The van der Waals surface area contributed by atoms with Gasteiger partial charge in [-0.2, -0.15) is 0 Å². The van der Waals surface area contributed by atoms with E-state index in [0.29, 0.717) is 39.6 Å². The van der Waals surface area contributed by atoms with E-state index in [0.717, 1.165) is 19.6 Å². The standard InChI is InChI=1S/C15H32N2O4.C2H6/c1-15(2,3)14(18)17-7-9-20-11-13-21-12-10-19-8-5-6-16-4;1-2/h16H,5-13H2,1-4H3,(H,17,18);1-2H3. The largest absolute Gasteiger partial charge is 0.379 e. The highest BCUT2D eigenvalue weighted by atomic mass is 16.5. The van der Waals surface area contributed by atoms with E-state index in [2.05, 4.69) is 10.6 Å². The van der Waals surface area contributed by atoms with E-state index in [1.807, 2.05) is 41.7 Å². The molecule has 0 saturated carbocycles. The predicted molar refractivity (Wildman–Crippen MR) is 94.8 cm³/mol. The second-order valence-electron chi connectivity index (χ2n) is 5.80. The molecule has 2 N–H and O–H groups in total. The van der Waals surface area contributed by atoms with Crippen LogP contribution in [0.4, 0.5) is 0 Å². The molecular formula is C17H38N2O4. The summed E-state index contributed by atoms with van der Waals surface area (Å²) in [4.78, 5) is 11.6. The number of rotatable bonds is 13. The summed E-state index contributed by atoms with van der Waals surface area (Å²) in [5.74, 6) is 0.0396. The molecule has 23 heavy (non-hydrogen) atoms. The fourth-order valence-corrected chi connectivity index (χ4v) is 1.39. The number of carbonyl (C=O) groups is 1. The van der Waals surface area contributed by atoms with E-state index in [9.17, 15) is 4.79 Å². The Morgan fingerprint density at radius 1 is 0.826 bits per heavy atom. The van der Waals surface area contributed by atoms with Crippen molar-refractivity contribution in [1.29, 1.82) is 0 Å². The summed E-state index contributed by atoms with van der Waals surface area (Å²) in [7, 11) is 1.93. The van der Waals surface area contributed by atoms with Crippen molar-refractivity contribution in [1.82, 2.24) is 10.6 Å². The van der Waals surface area contributed by atoms with Gasteiger partial charge in [0.15, 0.2) is 0 Å². The van der Waals surface area contributed by atoms with Crippen LogP contribution in [0.2, 0.25) is 0 Å². The molecular weight excluding hydrogens is 296 g/mol. The lowest BCUT2D eigenvalue weighted by atomic mass is 9.96. The van der Waals surface area contributed by atoms with Gasteiger partial charge in [0.2, 0.25) is 5.91 Å². The van der Waals surface area contributed by atoms with Crippen molar-refractivity contribution in [3.05, 3.63) is 0 Å². The Morgan fingerprint density at radius 3 is 1.78 bits per heavy atom. The average molecular weight is 335 g/mol. The van der Waals surface area contributed by atoms with Crippen molar-refractivity contribution < 1.29 is 19.0 Å². The number of hydrogen-bond acceptors (Lipinski definition) is 5. The zero-order valence-electron chi connectivity index (χ0n) is 16.0. The van der Waals surface area contributed by atoms with E-state index < -0.39 is 0 Å². The van der Waals surface area contributed by atoms with Crippen LogP contribution in [0.15, 0.2) is 0 Å². The molecule has 1 amide bonds. The minimum atomic E-state index is -0.351. The van der Waals surface area contributed by atoms with Gasteiger partial charge in [0.1, 0.15) is 0 Å². The lowest BCUT2D eigenvalue weighted by Crippen LogP contribution is -2.36. The first kappa shape index (κ1) is 24.6. The minimum absolute atomic E-state index is 0.0396. The van der Waals surface area contributed by atoms with E-state index in [4.69, 9.17) is 14.2 Å². The third-order valence-corrected chi connectivity index (χ3v) is 2.67. The van der Waals surface area contributed by atoms with Crippen LogP contribution in [0.25, 0.3) is 0 Å². The molecule has 140 valence electrons. The van der Waals surface area contributed by atoms with Crippen molar-refractivity contribution in [3.63, 3.8) is 0 Å². The Kier molecular flexibility index (Phi) is 18.9. The van der Waals surface area contributed by atoms with Crippen LogP contribution in [0.3, 0.4) is 0 Å². The molecule has 0 aromatic heterocycles. The van der Waals surface area contributed by atoms with Gasteiger partial charge in [0.25, 0.3) is 0 Å². The number of carbonyl (C=O) groups excluding carboxylic acids is 1. The molecule has 6 nitrogen and oxygen atoms in total. The van der Waals surface area contributed by atoms with Gasteiger partial charge in [-0.3, -0.25) is 4.79 Å². The molecule has 0 aromatic carbocycles. The molecule has 0 atom stereocenters. The Hall–Kier alpha value is -0.690. The number of ether oxygens (including phenoxy) is 3. The number of amides is 1. The molecule has 0 unspecified atom stereocenters. The molecule has 0 heterocycles. The van der Waals surface area contributed by atoms with Gasteiger partial charge in [-0.1, -0.05) is 34.6 Å². The highest BCUT2D eigenvalue weighted by Gasteiger charge is 2.20. The van der Waals surface area contributed by atoms with Gasteiger partial charge in [0, 0.05) is 18.6 Å². The van der Waals surface area contributed by atoms with Gasteiger partial charge in [-0.15, -0.1) is 0 Å². The first-order valence-electron chi connectivity index (χ1n) is 8.64. The van der Waals surface area contributed by atoms with Crippen LogP contribution in [0.1, 0.15) is 41.0 Å². The highest BCUT2D eigenvalue weighted by Crippen LogP contribution is 2.11. The Balaban J connectivity index is 0. The molecule has 0 aromatic rings. The lowest BCUT2D eigenvalue weighted by Gasteiger charge is -2.17. The first-order chi connectivity index (χ1) is 11.0. The van der Waals surface area contributed by atoms with E-state index in [1.54, 1.807) is 0 Å².